The molecule has 1 saturated carbocycles. The van der Waals surface area contributed by atoms with Gasteiger partial charge in [-0.25, -0.2) is 0 Å². The molecule has 0 aromatic heterocycles. The summed E-state index contributed by atoms with van der Waals surface area (Å²) >= 11 is 11.4. The zero-order valence-electron chi connectivity index (χ0n) is 11.6. The Morgan fingerprint density at radius 3 is 2.85 bits per heavy atom. The fourth-order valence-corrected chi connectivity index (χ4v) is 4.11. The Bertz CT molecular complexity index is 517. The number of fused-ring (bicyclic) bond motifs is 1. The summed E-state index contributed by atoms with van der Waals surface area (Å²) in [5.74, 6) is 0.915. The maximum absolute atomic E-state index is 6.39. The average Bonchev–Trinajstić information content (AvgIpc) is 2.84. The van der Waals surface area contributed by atoms with Crippen molar-refractivity contribution in [1.29, 1.82) is 0 Å². The zero-order chi connectivity index (χ0) is 14.1. The van der Waals surface area contributed by atoms with Crippen LogP contribution in [0.25, 0.3) is 0 Å². The number of nitrogens with two attached hydrogens (primary N) is 1. The summed E-state index contributed by atoms with van der Waals surface area (Å²) in [7, 11) is 0. The number of nitrogens with zero attached hydrogens (tertiary/aromatic N) is 1. The lowest BCUT2D eigenvalue weighted by Crippen LogP contribution is -2.34. The molecule has 2 unspecified atom stereocenters. The van der Waals surface area contributed by atoms with Crippen LogP contribution in [-0.2, 0) is 6.54 Å². The van der Waals surface area contributed by atoms with Gasteiger partial charge in [0, 0.05) is 23.2 Å². The highest BCUT2D eigenvalue weighted by Crippen LogP contribution is 2.37. The Morgan fingerprint density at radius 1 is 1.30 bits per heavy atom. The molecule has 2 aliphatic rings. The molecule has 1 aromatic carbocycles. The Balaban J connectivity index is 1.73. The van der Waals surface area contributed by atoms with Crippen molar-refractivity contribution in [2.75, 3.05) is 6.54 Å². The zero-order valence-corrected chi connectivity index (χ0v) is 13.2. The minimum atomic E-state index is 0.409. The van der Waals surface area contributed by atoms with Crippen LogP contribution in [0, 0.1) is 5.92 Å². The van der Waals surface area contributed by atoms with Crippen LogP contribution in [-0.4, -0.2) is 22.5 Å². The molecular formula is C16H21ClN2S. The van der Waals surface area contributed by atoms with Crippen molar-refractivity contribution in [2.24, 2.45) is 11.7 Å². The third kappa shape index (κ3) is 2.85. The highest BCUT2D eigenvalue weighted by Gasteiger charge is 2.35. The highest BCUT2D eigenvalue weighted by atomic mass is 35.5. The molecule has 0 bridgehead atoms. The SMILES string of the molecule is NC(=S)c1ccc(CN2CCC3CCCCC32)c(Cl)c1. The molecule has 1 aliphatic heterocycles. The Labute approximate surface area is 131 Å². The Morgan fingerprint density at radius 2 is 2.10 bits per heavy atom. The average molecular weight is 309 g/mol. The van der Waals surface area contributed by atoms with Crippen LogP contribution in [0.4, 0.5) is 0 Å². The lowest BCUT2D eigenvalue weighted by molar-refractivity contribution is 0.176. The molecule has 0 radical (unpaired) electrons. The summed E-state index contributed by atoms with van der Waals surface area (Å²) in [6, 6.07) is 6.73. The molecule has 2 N–H and O–H groups in total. The van der Waals surface area contributed by atoms with E-state index < -0.39 is 0 Å². The lowest BCUT2D eigenvalue weighted by atomic mass is 9.85. The molecule has 20 heavy (non-hydrogen) atoms. The third-order valence-electron chi connectivity index (χ3n) is 4.84. The molecule has 2 fully saturated rings. The van der Waals surface area contributed by atoms with Crippen LogP contribution in [0.2, 0.25) is 5.02 Å². The maximum Gasteiger partial charge on any atom is 0.104 e. The molecular weight excluding hydrogens is 288 g/mol. The van der Waals surface area contributed by atoms with Crippen LogP contribution in [0.1, 0.15) is 43.2 Å². The van der Waals surface area contributed by atoms with Gasteiger partial charge in [0.05, 0.1) is 0 Å². The summed E-state index contributed by atoms with van der Waals surface area (Å²) in [5.41, 5.74) is 7.69. The summed E-state index contributed by atoms with van der Waals surface area (Å²) in [6.07, 6.45) is 6.92. The van der Waals surface area contributed by atoms with E-state index in [0.717, 1.165) is 29.1 Å². The van der Waals surface area contributed by atoms with Gasteiger partial charge in [-0.2, -0.15) is 0 Å². The van der Waals surface area contributed by atoms with Crippen LogP contribution < -0.4 is 5.73 Å². The smallest absolute Gasteiger partial charge is 0.104 e. The van der Waals surface area contributed by atoms with Gasteiger partial charge in [-0.05, 0) is 43.4 Å². The predicted molar refractivity (Wildman–Crippen MR) is 88.1 cm³/mol. The van der Waals surface area contributed by atoms with Crippen LogP contribution >= 0.6 is 23.8 Å². The van der Waals surface area contributed by atoms with Gasteiger partial charge in [0.1, 0.15) is 4.99 Å². The number of thiocarbonyl (C=S) groups is 1. The van der Waals surface area contributed by atoms with Gasteiger partial charge in [-0.1, -0.05) is 48.8 Å². The van der Waals surface area contributed by atoms with Gasteiger partial charge < -0.3 is 5.73 Å². The van der Waals surface area contributed by atoms with Crippen molar-refractivity contribution in [3.05, 3.63) is 34.3 Å². The first kappa shape index (κ1) is 14.3. The standard InChI is InChI=1S/C16H21ClN2S/c17-14-9-12(16(18)20)5-6-13(14)10-19-8-7-11-3-1-2-4-15(11)19/h5-6,9,11,15H,1-4,7-8,10H2,(H2,18,20). The van der Waals surface area contributed by atoms with Crippen molar-refractivity contribution in [1.82, 2.24) is 4.90 Å². The van der Waals surface area contributed by atoms with E-state index in [1.54, 1.807) is 0 Å². The van der Waals surface area contributed by atoms with Crippen molar-refractivity contribution in [3.8, 4) is 0 Å². The molecule has 1 heterocycles. The molecule has 1 aliphatic carbocycles. The topological polar surface area (TPSA) is 29.3 Å². The van der Waals surface area contributed by atoms with Gasteiger partial charge >= 0.3 is 0 Å². The van der Waals surface area contributed by atoms with Gasteiger partial charge in [0.15, 0.2) is 0 Å². The third-order valence-corrected chi connectivity index (χ3v) is 5.42. The van der Waals surface area contributed by atoms with Gasteiger partial charge in [0.25, 0.3) is 0 Å². The molecule has 1 aromatic rings. The first-order valence-electron chi connectivity index (χ1n) is 7.47. The van der Waals surface area contributed by atoms with E-state index in [0.29, 0.717) is 4.99 Å². The van der Waals surface area contributed by atoms with Crippen LogP contribution in [0.3, 0.4) is 0 Å². The number of benzene rings is 1. The second kappa shape index (κ2) is 6.00. The highest BCUT2D eigenvalue weighted by molar-refractivity contribution is 7.80. The fourth-order valence-electron chi connectivity index (χ4n) is 3.75. The van der Waals surface area contributed by atoms with Crippen LogP contribution in [0.5, 0.6) is 0 Å². The first-order valence-corrected chi connectivity index (χ1v) is 8.26. The van der Waals surface area contributed by atoms with Crippen molar-refractivity contribution in [3.63, 3.8) is 0 Å². The van der Waals surface area contributed by atoms with Crippen molar-refractivity contribution in [2.45, 2.75) is 44.7 Å². The maximum atomic E-state index is 6.39. The van der Waals surface area contributed by atoms with Crippen LogP contribution in [0.15, 0.2) is 18.2 Å². The molecule has 0 spiro atoms. The van der Waals surface area contributed by atoms with E-state index in [4.69, 9.17) is 29.6 Å². The number of rotatable bonds is 3. The monoisotopic (exact) mass is 308 g/mol. The summed E-state index contributed by atoms with van der Waals surface area (Å²) in [6.45, 7) is 2.17. The largest absolute Gasteiger partial charge is 0.389 e. The molecule has 2 atom stereocenters. The predicted octanol–water partition coefficient (Wildman–Crippen LogP) is 3.74. The molecule has 3 rings (SSSR count). The van der Waals surface area contributed by atoms with Crippen molar-refractivity contribution >= 4 is 28.8 Å². The fraction of sp³-hybridized carbons (Fsp3) is 0.562. The van der Waals surface area contributed by atoms with Gasteiger partial charge in [-0.15, -0.1) is 0 Å². The molecule has 2 nitrogen and oxygen atoms in total. The minimum absolute atomic E-state index is 0.409. The molecule has 4 heteroatoms. The summed E-state index contributed by atoms with van der Waals surface area (Å²) < 4.78 is 0. The number of hydrogen-bond acceptors (Lipinski definition) is 2. The Hall–Kier alpha value is -0.640. The van der Waals surface area contributed by atoms with Gasteiger partial charge in [0.2, 0.25) is 0 Å². The van der Waals surface area contributed by atoms with E-state index in [9.17, 15) is 0 Å². The first-order chi connectivity index (χ1) is 9.65. The quantitative estimate of drug-likeness (QED) is 0.863. The van der Waals surface area contributed by atoms with E-state index in [2.05, 4.69) is 11.0 Å². The minimum Gasteiger partial charge on any atom is -0.389 e. The number of likely N-dealkylation sites (tertiary alicyclic amines) is 1. The summed E-state index contributed by atoms with van der Waals surface area (Å²) in [5, 5.41) is 0.787. The second-order valence-corrected chi connectivity index (χ2v) is 6.89. The normalized spacial score (nSPS) is 26.4. The number of halogens is 1. The molecule has 1 saturated heterocycles. The molecule has 108 valence electrons. The number of hydrogen-bond donors (Lipinski definition) is 1. The summed E-state index contributed by atoms with van der Waals surface area (Å²) in [4.78, 5) is 3.03. The van der Waals surface area contributed by atoms with Crippen molar-refractivity contribution < 1.29 is 0 Å². The van der Waals surface area contributed by atoms with Gasteiger partial charge in [-0.3, -0.25) is 4.90 Å². The van der Waals surface area contributed by atoms with E-state index in [1.165, 1.54) is 44.2 Å². The van der Waals surface area contributed by atoms with E-state index >= 15 is 0 Å². The second-order valence-electron chi connectivity index (χ2n) is 6.04. The molecule has 0 amide bonds. The van der Waals surface area contributed by atoms with E-state index in [1.807, 2.05) is 12.1 Å². The lowest BCUT2D eigenvalue weighted by Gasteiger charge is -2.32. The Kier molecular flexibility index (Phi) is 4.29. The van der Waals surface area contributed by atoms with E-state index in [-0.39, 0.29) is 0 Å².